The van der Waals surface area contributed by atoms with E-state index in [2.05, 4.69) is 15.5 Å². The Hall–Kier alpha value is -2.96. The minimum Gasteiger partial charge on any atom is -0.348 e. The van der Waals surface area contributed by atoms with Crippen LogP contribution in [0.25, 0.3) is 10.9 Å². The molecular formula is C21H27N5O2. The molecule has 2 heterocycles. The number of hydrogen-bond donors (Lipinski definition) is 1. The van der Waals surface area contributed by atoms with E-state index in [0.717, 1.165) is 11.1 Å². The number of carbonyl (C=O) groups excluding carboxylic acids is 1. The summed E-state index contributed by atoms with van der Waals surface area (Å²) in [6, 6.07) is 7.84. The number of amides is 1. The molecule has 0 radical (unpaired) electrons. The van der Waals surface area contributed by atoms with Gasteiger partial charge in [0.25, 0.3) is 5.56 Å². The van der Waals surface area contributed by atoms with Crippen LogP contribution in [-0.2, 0) is 16.9 Å². The minimum absolute atomic E-state index is 0.138. The van der Waals surface area contributed by atoms with Crippen LogP contribution in [0.5, 0.6) is 0 Å². The summed E-state index contributed by atoms with van der Waals surface area (Å²) in [5, 5.41) is 12.3. The number of benzene rings is 1. The van der Waals surface area contributed by atoms with Gasteiger partial charge < -0.3 is 5.32 Å². The molecule has 28 heavy (non-hydrogen) atoms. The van der Waals surface area contributed by atoms with E-state index in [1.807, 2.05) is 65.8 Å². The average Bonchev–Trinajstić information content (AvgIpc) is 3.06. The summed E-state index contributed by atoms with van der Waals surface area (Å²) in [6.45, 7) is 11.6. The third-order valence-electron chi connectivity index (χ3n) is 4.75. The van der Waals surface area contributed by atoms with Gasteiger partial charge in [-0.15, -0.1) is 0 Å². The summed E-state index contributed by atoms with van der Waals surface area (Å²) >= 11 is 0. The lowest BCUT2D eigenvalue weighted by Gasteiger charge is -2.20. The van der Waals surface area contributed by atoms with Crippen molar-refractivity contribution < 1.29 is 4.79 Å². The van der Waals surface area contributed by atoms with Crippen molar-refractivity contribution >= 4 is 16.8 Å². The van der Waals surface area contributed by atoms with E-state index in [1.165, 1.54) is 4.68 Å². The highest BCUT2D eigenvalue weighted by molar-refractivity contribution is 5.81. The molecule has 0 aliphatic carbocycles. The van der Waals surface area contributed by atoms with Crippen molar-refractivity contribution in [2.24, 2.45) is 0 Å². The second kappa shape index (κ2) is 7.22. The Morgan fingerprint density at radius 1 is 1.18 bits per heavy atom. The molecule has 1 N–H and O–H groups in total. The van der Waals surface area contributed by atoms with Crippen LogP contribution in [0.2, 0.25) is 0 Å². The van der Waals surface area contributed by atoms with Gasteiger partial charge in [0.1, 0.15) is 12.1 Å². The second-order valence-corrected chi connectivity index (χ2v) is 8.24. The molecule has 0 aliphatic rings. The fourth-order valence-corrected chi connectivity index (χ4v) is 3.20. The lowest BCUT2D eigenvalue weighted by molar-refractivity contribution is -0.122. The van der Waals surface area contributed by atoms with Gasteiger partial charge >= 0.3 is 0 Å². The summed E-state index contributed by atoms with van der Waals surface area (Å²) in [6.07, 6.45) is 1.66. The monoisotopic (exact) mass is 381 g/mol. The largest absolute Gasteiger partial charge is 0.348 e. The zero-order chi connectivity index (χ0) is 20.6. The molecule has 2 aromatic heterocycles. The van der Waals surface area contributed by atoms with E-state index in [-0.39, 0.29) is 29.6 Å². The van der Waals surface area contributed by atoms with Gasteiger partial charge in [-0.1, -0.05) is 29.8 Å². The first-order chi connectivity index (χ1) is 13.1. The van der Waals surface area contributed by atoms with Crippen LogP contribution in [0.3, 0.4) is 0 Å². The van der Waals surface area contributed by atoms with Crippen molar-refractivity contribution in [1.82, 2.24) is 24.9 Å². The quantitative estimate of drug-likeness (QED) is 0.753. The van der Waals surface area contributed by atoms with Crippen molar-refractivity contribution in [3.8, 4) is 0 Å². The predicted molar refractivity (Wildman–Crippen MR) is 109 cm³/mol. The smallest absolute Gasteiger partial charge is 0.293 e. The predicted octanol–water partition coefficient (Wildman–Crippen LogP) is 2.84. The lowest BCUT2D eigenvalue weighted by Crippen LogP contribution is -2.36. The van der Waals surface area contributed by atoms with Crippen molar-refractivity contribution in [2.75, 3.05) is 0 Å². The van der Waals surface area contributed by atoms with Gasteiger partial charge in [0.15, 0.2) is 0 Å². The highest BCUT2D eigenvalue weighted by atomic mass is 16.2. The fraction of sp³-hybridized carbons (Fsp3) is 0.429. The van der Waals surface area contributed by atoms with Crippen LogP contribution in [0.1, 0.15) is 50.6 Å². The Morgan fingerprint density at radius 3 is 2.43 bits per heavy atom. The molecular weight excluding hydrogens is 354 g/mol. The molecule has 1 amide bonds. The summed E-state index contributed by atoms with van der Waals surface area (Å²) in [7, 11) is 0. The Morgan fingerprint density at radius 2 is 1.82 bits per heavy atom. The first-order valence-electron chi connectivity index (χ1n) is 9.40. The average molecular weight is 381 g/mol. The van der Waals surface area contributed by atoms with E-state index >= 15 is 0 Å². The van der Waals surface area contributed by atoms with Gasteiger partial charge in [-0.05, 0) is 47.1 Å². The Labute approximate surface area is 164 Å². The Kier molecular flexibility index (Phi) is 5.10. The molecule has 1 aromatic carbocycles. The van der Waals surface area contributed by atoms with E-state index in [0.29, 0.717) is 16.6 Å². The summed E-state index contributed by atoms with van der Waals surface area (Å²) in [4.78, 5) is 25.5. The maximum absolute atomic E-state index is 13.0. The number of fused-ring (bicyclic) bond motifs is 1. The van der Waals surface area contributed by atoms with Crippen molar-refractivity contribution in [3.63, 3.8) is 0 Å². The zero-order valence-electron chi connectivity index (χ0n) is 17.3. The highest BCUT2D eigenvalue weighted by Crippen LogP contribution is 2.20. The normalized spacial score (nSPS) is 12.9. The molecule has 0 unspecified atom stereocenters. The number of aryl methyl sites for hydroxylation is 2. The standard InChI is InChI=1S/C21H27N5O2/c1-13-7-9-16(10-8-13)14(2)23-18(27)12-25-20(28)19-17(15(3)24-25)11-22-26(19)21(4,5)6/h7-11,14H,12H2,1-6H3,(H,23,27)/t14-/m0/s1. The number of nitrogens with one attached hydrogen (secondary N) is 1. The van der Waals surface area contributed by atoms with Gasteiger partial charge in [-0.2, -0.15) is 10.2 Å². The summed E-state index contributed by atoms with van der Waals surface area (Å²) in [5.74, 6) is -0.261. The van der Waals surface area contributed by atoms with E-state index in [4.69, 9.17) is 0 Å². The van der Waals surface area contributed by atoms with Gasteiger partial charge in [-0.25, -0.2) is 4.68 Å². The SMILES string of the molecule is Cc1ccc([C@H](C)NC(=O)Cn2nc(C)c3cnn(C(C)(C)C)c3c2=O)cc1. The summed E-state index contributed by atoms with van der Waals surface area (Å²) < 4.78 is 2.92. The topological polar surface area (TPSA) is 81.8 Å². The maximum atomic E-state index is 13.0. The third kappa shape index (κ3) is 3.83. The number of aromatic nitrogens is 4. The van der Waals surface area contributed by atoms with Crippen LogP contribution in [0.4, 0.5) is 0 Å². The molecule has 0 fully saturated rings. The molecule has 0 spiro atoms. The Bertz CT molecular complexity index is 1070. The minimum atomic E-state index is -0.352. The molecule has 0 aliphatic heterocycles. The van der Waals surface area contributed by atoms with Gasteiger partial charge in [0.05, 0.1) is 23.5 Å². The third-order valence-corrected chi connectivity index (χ3v) is 4.75. The van der Waals surface area contributed by atoms with Crippen LogP contribution in [-0.4, -0.2) is 25.5 Å². The van der Waals surface area contributed by atoms with Gasteiger partial charge in [-0.3, -0.25) is 14.3 Å². The molecule has 7 nitrogen and oxygen atoms in total. The number of nitrogens with zero attached hydrogens (tertiary/aromatic N) is 4. The van der Waals surface area contributed by atoms with Gasteiger partial charge in [0, 0.05) is 5.39 Å². The molecule has 1 atom stereocenters. The van der Waals surface area contributed by atoms with E-state index < -0.39 is 0 Å². The van der Waals surface area contributed by atoms with Crippen LogP contribution in [0, 0.1) is 13.8 Å². The van der Waals surface area contributed by atoms with Gasteiger partial charge in [0.2, 0.25) is 5.91 Å². The van der Waals surface area contributed by atoms with Crippen LogP contribution < -0.4 is 10.9 Å². The fourth-order valence-electron chi connectivity index (χ4n) is 3.20. The molecule has 3 rings (SSSR count). The Balaban J connectivity index is 1.87. The molecule has 7 heteroatoms. The molecule has 0 saturated carbocycles. The number of hydrogen-bond acceptors (Lipinski definition) is 4. The van der Waals surface area contributed by atoms with Crippen molar-refractivity contribution in [2.45, 2.75) is 59.7 Å². The van der Waals surface area contributed by atoms with E-state index in [1.54, 1.807) is 10.9 Å². The first kappa shape index (κ1) is 19.8. The first-order valence-corrected chi connectivity index (χ1v) is 9.40. The summed E-state index contributed by atoms with van der Waals surface area (Å²) in [5.41, 5.74) is 2.65. The number of rotatable bonds is 4. The van der Waals surface area contributed by atoms with Crippen molar-refractivity contribution in [3.05, 3.63) is 57.6 Å². The van der Waals surface area contributed by atoms with Crippen LogP contribution in [0.15, 0.2) is 35.3 Å². The molecule has 148 valence electrons. The van der Waals surface area contributed by atoms with E-state index in [9.17, 15) is 9.59 Å². The molecule has 0 bridgehead atoms. The highest BCUT2D eigenvalue weighted by Gasteiger charge is 2.22. The lowest BCUT2D eigenvalue weighted by atomic mass is 10.1. The molecule has 3 aromatic rings. The van der Waals surface area contributed by atoms with Crippen LogP contribution >= 0.6 is 0 Å². The second-order valence-electron chi connectivity index (χ2n) is 8.24. The number of carbonyl (C=O) groups is 1. The maximum Gasteiger partial charge on any atom is 0.293 e. The van der Waals surface area contributed by atoms with Crippen molar-refractivity contribution in [1.29, 1.82) is 0 Å². The molecule has 0 saturated heterocycles. The zero-order valence-corrected chi connectivity index (χ0v) is 17.3.